The minimum atomic E-state index is -0.339. The molecule has 0 atom stereocenters. The van der Waals surface area contributed by atoms with Crippen LogP contribution in [0.5, 0.6) is 11.5 Å². The summed E-state index contributed by atoms with van der Waals surface area (Å²) in [4.78, 5) is 18.7. The topological polar surface area (TPSA) is 81.7 Å². The molecule has 0 radical (unpaired) electrons. The summed E-state index contributed by atoms with van der Waals surface area (Å²) in [6.45, 7) is 8.58. The average Bonchev–Trinajstić information content (AvgIpc) is 3.26. The molecule has 0 unspecified atom stereocenters. The molecule has 0 fully saturated rings. The molecule has 0 bridgehead atoms. The molecule has 0 saturated carbocycles. The molecule has 0 amide bonds. The number of anilines is 2. The molecule has 0 aliphatic carbocycles. The molecule has 7 nitrogen and oxygen atoms in total. The molecule has 31 heavy (non-hydrogen) atoms. The number of aromatic nitrogens is 1. The zero-order valence-corrected chi connectivity index (χ0v) is 20.4. The smallest absolute Gasteiger partial charge is 0.341 e. The Labute approximate surface area is 189 Å². The summed E-state index contributed by atoms with van der Waals surface area (Å²) in [6.07, 6.45) is 0.735. The van der Waals surface area contributed by atoms with Gasteiger partial charge in [0.25, 0.3) is 0 Å². The Morgan fingerprint density at radius 2 is 1.87 bits per heavy atom. The van der Waals surface area contributed by atoms with E-state index in [-0.39, 0.29) is 17.0 Å². The van der Waals surface area contributed by atoms with Gasteiger partial charge in [0.05, 0.1) is 31.6 Å². The van der Waals surface area contributed by atoms with E-state index in [1.54, 1.807) is 25.6 Å². The van der Waals surface area contributed by atoms with Crippen LogP contribution in [-0.2, 0) is 16.7 Å². The number of methoxy groups -OCH3 is 3. The maximum Gasteiger partial charge on any atom is 0.341 e. The number of esters is 1. The summed E-state index contributed by atoms with van der Waals surface area (Å²) in [7, 11) is 4.65. The van der Waals surface area contributed by atoms with E-state index in [9.17, 15) is 4.79 Å². The Bertz CT molecular complexity index is 1160. The minimum Gasteiger partial charge on any atom is -0.497 e. The van der Waals surface area contributed by atoms with Gasteiger partial charge in [-0.05, 0) is 45.7 Å². The third kappa shape index (κ3) is 3.86. The molecule has 3 aromatic rings. The normalized spacial score (nSPS) is 16.6. The Morgan fingerprint density at radius 1 is 1.13 bits per heavy atom. The highest BCUT2D eigenvalue weighted by atomic mass is 32.1. The summed E-state index contributed by atoms with van der Waals surface area (Å²) in [6, 6.07) is 3.74. The first-order valence-electron chi connectivity index (χ1n) is 9.92. The first-order chi connectivity index (χ1) is 14.6. The van der Waals surface area contributed by atoms with Crippen molar-refractivity contribution >= 4 is 49.0 Å². The number of hydrogen-bond acceptors (Lipinski definition) is 9. The Kier molecular flexibility index (Phi) is 5.39. The number of nitrogens with one attached hydrogen (secondary N) is 2. The zero-order valence-electron chi connectivity index (χ0n) is 18.8. The van der Waals surface area contributed by atoms with Crippen molar-refractivity contribution in [1.29, 1.82) is 0 Å². The lowest BCUT2D eigenvalue weighted by Crippen LogP contribution is -2.55. The van der Waals surface area contributed by atoms with Gasteiger partial charge in [-0.2, -0.15) is 0 Å². The standard InChI is InChI=1S/C22H27N3O4S2/c1-21(2)10-12-15(19(26)29-7)18(31-17(12)22(3,4)25-21)24-20-23-16-13(28-6)8-11(27-5)9-14(16)30-20/h8-9,25H,10H2,1-7H3,(H,23,24). The number of carbonyl (C=O) groups is 1. The molecule has 3 heterocycles. The molecule has 4 rings (SSSR count). The summed E-state index contributed by atoms with van der Waals surface area (Å²) < 4.78 is 16.9. The predicted octanol–water partition coefficient (Wildman–Crippen LogP) is 5.06. The molecule has 0 saturated heterocycles. The number of fused-ring (bicyclic) bond motifs is 2. The molecule has 1 aliphatic rings. The summed E-state index contributed by atoms with van der Waals surface area (Å²) in [5.74, 6) is 1.01. The largest absolute Gasteiger partial charge is 0.497 e. The number of hydrogen-bond donors (Lipinski definition) is 2. The van der Waals surface area contributed by atoms with Crippen molar-refractivity contribution in [3.05, 3.63) is 28.1 Å². The van der Waals surface area contributed by atoms with Gasteiger partial charge in [-0.15, -0.1) is 11.3 Å². The number of nitrogens with zero attached hydrogens (tertiary/aromatic N) is 1. The molecule has 0 spiro atoms. The van der Waals surface area contributed by atoms with E-state index in [0.29, 0.717) is 22.2 Å². The Morgan fingerprint density at radius 3 is 2.52 bits per heavy atom. The number of benzene rings is 1. The van der Waals surface area contributed by atoms with Crippen molar-refractivity contribution in [1.82, 2.24) is 10.3 Å². The van der Waals surface area contributed by atoms with Crippen LogP contribution in [0, 0.1) is 0 Å². The molecule has 2 N–H and O–H groups in total. The Balaban J connectivity index is 1.82. The van der Waals surface area contributed by atoms with E-state index < -0.39 is 0 Å². The van der Waals surface area contributed by atoms with Crippen LogP contribution in [-0.4, -0.2) is 37.8 Å². The lowest BCUT2D eigenvalue weighted by Gasteiger charge is -2.42. The highest BCUT2D eigenvalue weighted by Gasteiger charge is 2.42. The quantitative estimate of drug-likeness (QED) is 0.514. The lowest BCUT2D eigenvalue weighted by atomic mass is 9.81. The van der Waals surface area contributed by atoms with Gasteiger partial charge in [-0.25, -0.2) is 9.78 Å². The molecular weight excluding hydrogens is 434 g/mol. The van der Waals surface area contributed by atoms with Crippen LogP contribution < -0.4 is 20.1 Å². The van der Waals surface area contributed by atoms with Crippen molar-refractivity contribution in [2.45, 2.75) is 45.2 Å². The number of ether oxygens (including phenoxy) is 3. The van der Waals surface area contributed by atoms with Gasteiger partial charge in [0, 0.05) is 22.0 Å². The van der Waals surface area contributed by atoms with Crippen LogP contribution >= 0.6 is 22.7 Å². The van der Waals surface area contributed by atoms with Crippen LogP contribution in [0.25, 0.3) is 10.2 Å². The second-order valence-electron chi connectivity index (χ2n) is 8.74. The van der Waals surface area contributed by atoms with E-state index >= 15 is 0 Å². The van der Waals surface area contributed by atoms with Crippen molar-refractivity contribution in [2.75, 3.05) is 26.6 Å². The van der Waals surface area contributed by atoms with Gasteiger partial charge in [-0.1, -0.05) is 11.3 Å². The fraction of sp³-hybridized carbons (Fsp3) is 0.455. The molecule has 1 aliphatic heterocycles. The van der Waals surface area contributed by atoms with E-state index in [1.807, 2.05) is 12.1 Å². The van der Waals surface area contributed by atoms with Gasteiger partial charge in [0.15, 0.2) is 5.13 Å². The van der Waals surface area contributed by atoms with Crippen LogP contribution in [0.1, 0.15) is 48.5 Å². The number of carbonyl (C=O) groups excluding carboxylic acids is 1. The fourth-order valence-corrected chi connectivity index (χ4v) is 6.58. The fourth-order valence-electron chi connectivity index (χ4n) is 4.33. The highest BCUT2D eigenvalue weighted by Crippen LogP contribution is 2.47. The first kappa shape index (κ1) is 21.9. The van der Waals surface area contributed by atoms with Crippen LogP contribution in [0.4, 0.5) is 10.1 Å². The Hall–Kier alpha value is -2.36. The highest BCUT2D eigenvalue weighted by molar-refractivity contribution is 7.23. The maximum atomic E-state index is 12.8. The first-order valence-corrected chi connectivity index (χ1v) is 11.5. The minimum absolute atomic E-state index is 0.141. The van der Waals surface area contributed by atoms with Gasteiger partial charge in [-0.3, -0.25) is 0 Å². The molecule has 166 valence electrons. The van der Waals surface area contributed by atoms with E-state index in [1.165, 1.54) is 18.4 Å². The van der Waals surface area contributed by atoms with E-state index in [4.69, 9.17) is 19.2 Å². The zero-order chi connectivity index (χ0) is 22.6. The van der Waals surface area contributed by atoms with Gasteiger partial charge >= 0.3 is 5.97 Å². The maximum absolute atomic E-state index is 12.8. The van der Waals surface area contributed by atoms with Gasteiger partial charge in [0.1, 0.15) is 22.0 Å². The van der Waals surface area contributed by atoms with Crippen molar-refractivity contribution in [3.8, 4) is 11.5 Å². The third-order valence-corrected chi connectivity index (χ3v) is 7.73. The molecule has 9 heteroatoms. The SMILES string of the molecule is COC(=O)c1c(Nc2nc3c(OC)cc(OC)cc3s2)sc2c1CC(C)(C)NC2(C)C. The molecular formula is C22H27N3O4S2. The summed E-state index contributed by atoms with van der Waals surface area (Å²) in [5, 5.41) is 8.50. The van der Waals surface area contributed by atoms with Crippen LogP contribution in [0.15, 0.2) is 12.1 Å². The van der Waals surface area contributed by atoms with E-state index in [0.717, 1.165) is 32.1 Å². The third-order valence-electron chi connectivity index (χ3n) is 5.34. The van der Waals surface area contributed by atoms with Gasteiger partial charge < -0.3 is 24.8 Å². The molecule has 2 aromatic heterocycles. The lowest BCUT2D eigenvalue weighted by molar-refractivity contribution is 0.0600. The van der Waals surface area contributed by atoms with Gasteiger partial charge in [0.2, 0.25) is 0 Å². The average molecular weight is 462 g/mol. The van der Waals surface area contributed by atoms with Crippen molar-refractivity contribution in [2.24, 2.45) is 0 Å². The van der Waals surface area contributed by atoms with E-state index in [2.05, 4.69) is 38.3 Å². The van der Waals surface area contributed by atoms with Crippen molar-refractivity contribution < 1.29 is 19.0 Å². The second-order valence-corrected chi connectivity index (χ2v) is 10.8. The summed E-state index contributed by atoms with van der Waals surface area (Å²) >= 11 is 3.05. The molecule has 1 aromatic carbocycles. The number of thiazole rings is 1. The number of thiophene rings is 1. The van der Waals surface area contributed by atoms with Crippen LogP contribution in [0.2, 0.25) is 0 Å². The summed E-state index contributed by atoms with van der Waals surface area (Å²) in [5.41, 5.74) is 1.97. The monoisotopic (exact) mass is 461 g/mol. The predicted molar refractivity (Wildman–Crippen MR) is 126 cm³/mol. The number of rotatable bonds is 5. The van der Waals surface area contributed by atoms with Crippen molar-refractivity contribution in [3.63, 3.8) is 0 Å². The second kappa shape index (κ2) is 7.65. The van der Waals surface area contributed by atoms with Crippen LogP contribution in [0.3, 0.4) is 0 Å².